The number of thiophene rings is 1. The quantitative estimate of drug-likeness (QED) is 0.908. The van der Waals surface area contributed by atoms with Crippen molar-refractivity contribution in [3.05, 3.63) is 51.9 Å². The third-order valence-electron chi connectivity index (χ3n) is 4.04. The standard InChI is InChI=1S/C17H17NO3S/c1-10(19)18-16-15(17(20)21)13-8-7-12(9-14(13)22-16)11-5-3-2-4-6-11/h2-6,12H,7-9H2,1H3,(H,18,19)(H,20,21). The van der Waals surface area contributed by atoms with Crippen LogP contribution in [-0.2, 0) is 17.6 Å². The summed E-state index contributed by atoms with van der Waals surface area (Å²) in [4.78, 5) is 23.9. The molecule has 0 fully saturated rings. The number of aromatic carboxylic acids is 1. The Morgan fingerprint density at radius 1 is 1.27 bits per heavy atom. The Morgan fingerprint density at radius 2 is 2.00 bits per heavy atom. The highest BCUT2D eigenvalue weighted by Crippen LogP contribution is 2.42. The number of carbonyl (C=O) groups excluding carboxylic acids is 1. The zero-order chi connectivity index (χ0) is 15.7. The van der Waals surface area contributed by atoms with E-state index in [-0.39, 0.29) is 11.5 Å². The molecule has 0 aliphatic heterocycles. The van der Waals surface area contributed by atoms with Crippen molar-refractivity contribution in [3.63, 3.8) is 0 Å². The molecule has 0 radical (unpaired) electrons. The van der Waals surface area contributed by atoms with Crippen LogP contribution in [0.15, 0.2) is 30.3 Å². The van der Waals surface area contributed by atoms with Gasteiger partial charge in [0.05, 0.1) is 5.56 Å². The molecule has 0 spiro atoms. The number of hydrogen-bond donors (Lipinski definition) is 2. The summed E-state index contributed by atoms with van der Waals surface area (Å²) in [5.74, 6) is -0.778. The fourth-order valence-corrected chi connectivity index (χ4v) is 4.44. The Labute approximate surface area is 132 Å². The number of carbonyl (C=O) groups is 2. The van der Waals surface area contributed by atoms with E-state index in [2.05, 4.69) is 17.4 Å². The number of benzene rings is 1. The molecule has 5 heteroatoms. The first-order chi connectivity index (χ1) is 10.6. The molecule has 1 aliphatic rings. The van der Waals surface area contributed by atoms with Gasteiger partial charge in [-0.2, -0.15) is 0 Å². The fourth-order valence-electron chi connectivity index (χ4n) is 3.07. The molecule has 2 N–H and O–H groups in total. The van der Waals surface area contributed by atoms with E-state index in [0.717, 1.165) is 29.7 Å². The number of fused-ring (bicyclic) bond motifs is 1. The molecule has 22 heavy (non-hydrogen) atoms. The molecule has 1 unspecified atom stereocenters. The van der Waals surface area contributed by atoms with Gasteiger partial charge >= 0.3 is 5.97 Å². The minimum Gasteiger partial charge on any atom is -0.478 e. The van der Waals surface area contributed by atoms with Crippen molar-refractivity contribution in [2.24, 2.45) is 0 Å². The maximum Gasteiger partial charge on any atom is 0.339 e. The Balaban J connectivity index is 1.95. The first-order valence-corrected chi connectivity index (χ1v) is 8.08. The SMILES string of the molecule is CC(=O)Nc1sc2c(c1C(=O)O)CCC(c1ccccc1)C2. The molecule has 0 bridgehead atoms. The van der Waals surface area contributed by atoms with E-state index in [1.54, 1.807) is 0 Å². The summed E-state index contributed by atoms with van der Waals surface area (Å²) in [6, 6.07) is 10.3. The lowest BCUT2D eigenvalue weighted by Crippen LogP contribution is -2.14. The highest BCUT2D eigenvalue weighted by atomic mass is 32.1. The molecule has 3 rings (SSSR count). The third-order valence-corrected chi connectivity index (χ3v) is 5.21. The Bertz CT molecular complexity index is 721. The van der Waals surface area contributed by atoms with Crippen LogP contribution < -0.4 is 5.32 Å². The smallest absolute Gasteiger partial charge is 0.339 e. The van der Waals surface area contributed by atoms with E-state index < -0.39 is 5.97 Å². The summed E-state index contributed by atoms with van der Waals surface area (Å²) in [6.07, 6.45) is 2.52. The van der Waals surface area contributed by atoms with Crippen LogP contribution in [0.2, 0.25) is 0 Å². The average Bonchev–Trinajstić information content (AvgIpc) is 2.84. The van der Waals surface area contributed by atoms with Gasteiger partial charge < -0.3 is 10.4 Å². The highest BCUT2D eigenvalue weighted by molar-refractivity contribution is 7.17. The van der Waals surface area contributed by atoms with Crippen LogP contribution in [0.1, 0.15) is 45.6 Å². The fraction of sp³-hybridized carbons (Fsp3) is 0.294. The predicted octanol–water partition coefficient (Wildman–Crippen LogP) is 3.68. The normalized spacial score (nSPS) is 16.9. The van der Waals surface area contributed by atoms with Gasteiger partial charge in [-0.1, -0.05) is 30.3 Å². The zero-order valence-corrected chi connectivity index (χ0v) is 13.1. The second kappa shape index (κ2) is 5.93. The Kier molecular flexibility index (Phi) is 3.98. The zero-order valence-electron chi connectivity index (χ0n) is 12.3. The van der Waals surface area contributed by atoms with Crippen molar-refractivity contribution in [1.82, 2.24) is 0 Å². The molecule has 1 amide bonds. The largest absolute Gasteiger partial charge is 0.478 e. The molecule has 0 saturated carbocycles. The number of rotatable bonds is 3. The lowest BCUT2D eigenvalue weighted by molar-refractivity contribution is -0.114. The van der Waals surface area contributed by atoms with Crippen molar-refractivity contribution in [2.45, 2.75) is 32.1 Å². The van der Waals surface area contributed by atoms with Crippen molar-refractivity contribution in [2.75, 3.05) is 5.32 Å². The Morgan fingerprint density at radius 3 is 2.64 bits per heavy atom. The van der Waals surface area contributed by atoms with Gasteiger partial charge in [0.2, 0.25) is 5.91 Å². The highest BCUT2D eigenvalue weighted by Gasteiger charge is 2.29. The summed E-state index contributed by atoms with van der Waals surface area (Å²) >= 11 is 1.40. The number of carboxylic acid groups (broad SMARTS) is 1. The van der Waals surface area contributed by atoms with Crippen LogP contribution in [0.3, 0.4) is 0 Å². The van der Waals surface area contributed by atoms with Gasteiger partial charge in [-0.05, 0) is 36.3 Å². The second-order valence-corrected chi connectivity index (χ2v) is 6.65. The van der Waals surface area contributed by atoms with Gasteiger partial charge in [0, 0.05) is 11.8 Å². The number of carboxylic acids is 1. The molecule has 2 aromatic rings. The number of nitrogens with one attached hydrogen (secondary N) is 1. The van der Waals surface area contributed by atoms with Gasteiger partial charge in [0.25, 0.3) is 0 Å². The van der Waals surface area contributed by atoms with Gasteiger partial charge in [-0.25, -0.2) is 4.79 Å². The molecular weight excluding hydrogens is 298 g/mol. The van der Waals surface area contributed by atoms with Crippen LogP contribution in [-0.4, -0.2) is 17.0 Å². The first-order valence-electron chi connectivity index (χ1n) is 7.26. The Hall–Kier alpha value is -2.14. The second-order valence-electron chi connectivity index (χ2n) is 5.54. The van der Waals surface area contributed by atoms with Gasteiger partial charge in [0.15, 0.2) is 0 Å². The summed E-state index contributed by atoms with van der Waals surface area (Å²) < 4.78 is 0. The van der Waals surface area contributed by atoms with Crippen LogP contribution in [0.5, 0.6) is 0 Å². The lowest BCUT2D eigenvalue weighted by Gasteiger charge is -2.22. The summed E-state index contributed by atoms with van der Waals surface area (Å²) in [6.45, 7) is 1.40. The van der Waals surface area contributed by atoms with E-state index in [1.165, 1.54) is 23.8 Å². The summed E-state index contributed by atoms with van der Waals surface area (Å²) in [5.41, 5.74) is 2.47. The molecule has 114 valence electrons. The van der Waals surface area contributed by atoms with Crippen LogP contribution >= 0.6 is 11.3 Å². The maximum absolute atomic E-state index is 11.5. The molecule has 1 heterocycles. The van der Waals surface area contributed by atoms with E-state index in [1.807, 2.05) is 18.2 Å². The third kappa shape index (κ3) is 2.76. The minimum absolute atomic E-state index is 0.235. The van der Waals surface area contributed by atoms with E-state index in [0.29, 0.717) is 10.9 Å². The molecular formula is C17H17NO3S. The monoisotopic (exact) mass is 315 g/mol. The number of amides is 1. The van der Waals surface area contributed by atoms with Gasteiger partial charge in [0.1, 0.15) is 5.00 Å². The van der Waals surface area contributed by atoms with Crippen LogP contribution in [0.25, 0.3) is 0 Å². The van der Waals surface area contributed by atoms with Crippen LogP contribution in [0, 0.1) is 0 Å². The van der Waals surface area contributed by atoms with E-state index in [9.17, 15) is 14.7 Å². The van der Waals surface area contributed by atoms with Crippen molar-refractivity contribution >= 4 is 28.2 Å². The molecule has 0 saturated heterocycles. The molecule has 1 aliphatic carbocycles. The molecule has 1 aromatic heterocycles. The molecule has 1 atom stereocenters. The van der Waals surface area contributed by atoms with E-state index in [4.69, 9.17) is 0 Å². The van der Waals surface area contributed by atoms with Crippen molar-refractivity contribution < 1.29 is 14.7 Å². The first kappa shape index (κ1) is 14.8. The lowest BCUT2D eigenvalue weighted by atomic mass is 9.83. The minimum atomic E-state index is -0.959. The van der Waals surface area contributed by atoms with Crippen molar-refractivity contribution in [3.8, 4) is 0 Å². The van der Waals surface area contributed by atoms with Crippen LogP contribution in [0.4, 0.5) is 5.00 Å². The molecule has 4 nitrogen and oxygen atoms in total. The number of anilines is 1. The number of hydrogen-bond acceptors (Lipinski definition) is 3. The van der Waals surface area contributed by atoms with Gasteiger partial charge in [-0.15, -0.1) is 11.3 Å². The summed E-state index contributed by atoms with van der Waals surface area (Å²) in [5, 5.41) is 12.6. The van der Waals surface area contributed by atoms with E-state index >= 15 is 0 Å². The maximum atomic E-state index is 11.5. The van der Waals surface area contributed by atoms with Gasteiger partial charge in [-0.3, -0.25) is 4.79 Å². The average molecular weight is 315 g/mol. The van der Waals surface area contributed by atoms with Crippen molar-refractivity contribution in [1.29, 1.82) is 0 Å². The summed E-state index contributed by atoms with van der Waals surface area (Å²) in [7, 11) is 0. The molecule has 1 aromatic carbocycles. The topological polar surface area (TPSA) is 66.4 Å². The predicted molar refractivity (Wildman–Crippen MR) is 86.8 cm³/mol.